The third-order valence-corrected chi connectivity index (χ3v) is 9.48. The fourth-order valence-corrected chi connectivity index (χ4v) is 6.91. The Morgan fingerprint density at radius 3 is 2.24 bits per heavy atom. The lowest BCUT2D eigenvalue weighted by Crippen LogP contribution is -2.59. The van der Waals surface area contributed by atoms with Gasteiger partial charge in [-0.2, -0.15) is 13.2 Å². The molecule has 1 amide bonds. The Morgan fingerprint density at radius 1 is 1.02 bits per heavy atom. The molecule has 2 fully saturated rings. The molecule has 1 N–H and O–H groups in total. The number of rotatable bonds is 5. The molecule has 0 bridgehead atoms. The number of halogens is 6. The molecule has 1 aliphatic carbocycles. The SMILES string of the molecule is CN1CC2N(C(=O)C3(F)CCC(C(=O)O)CC3)CCC2(Cc2ccc(F)cc2)c2ccc(C(C)(F)C(F)(F)F)cc21. The smallest absolute Gasteiger partial charge is 0.426 e. The Labute approximate surface area is 234 Å². The van der Waals surface area contributed by atoms with Crippen LogP contribution >= 0.6 is 0 Å². The normalized spacial score (nSPS) is 29.5. The minimum atomic E-state index is -5.13. The van der Waals surface area contributed by atoms with Crippen LogP contribution in [0.1, 0.15) is 55.7 Å². The van der Waals surface area contributed by atoms with Gasteiger partial charge in [0.1, 0.15) is 5.82 Å². The molecule has 5 nitrogen and oxygen atoms in total. The Hall–Kier alpha value is -3.24. The third-order valence-electron chi connectivity index (χ3n) is 9.48. The Balaban J connectivity index is 1.55. The summed E-state index contributed by atoms with van der Waals surface area (Å²) in [5.41, 5.74) is -5.48. The summed E-state index contributed by atoms with van der Waals surface area (Å²) in [6.45, 7) is 0.813. The molecule has 1 saturated heterocycles. The van der Waals surface area contributed by atoms with E-state index in [1.165, 1.54) is 29.2 Å². The quantitative estimate of drug-likeness (QED) is 0.434. The lowest BCUT2D eigenvalue weighted by molar-refractivity contribution is -0.228. The van der Waals surface area contributed by atoms with Crippen LogP contribution in [-0.4, -0.2) is 59.9 Å². The van der Waals surface area contributed by atoms with E-state index in [9.17, 15) is 36.6 Å². The highest BCUT2D eigenvalue weighted by Crippen LogP contribution is 2.53. The van der Waals surface area contributed by atoms with Crippen molar-refractivity contribution in [2.45, 2.75) is 74.4 Å². The summed E-state index contributed by atoms with van der Waals surface area (Å²) in [5.74, 6) is -2.87. The minimum absolute atomic E-state index is 0.0452. The zero-order valence-electron chi connectivity index (χ0n) is 22.8. The summed E-state index contributed by atoms with van der Waals surface area (Å²) >= 11 is 0. The molecule has 222 valence electrons. The van der Waals surface area contributed by atoms with Crippen molar-refractivity contribution < 1.29 is 41.0 Å². The van der Waals surface area contributed by atoms with Gasteiger partial charge in [0.25, 0.3) is 5.91 Å². The molecule has 0 spiro atoms. The van der Waals surface area contributed by atoms with E-state index in [1.807, 2.05) is 0 Å². The predicted octanol–water partition coefficient (Wildman–Crippen LogP) is 6.09. The predicted molar refractivity (Wildman–Crippen MR) is 140 cm³/mol. The number of fused-ring (bicyclic) bond motifs is 3. The van der Waals surface area contributed by atoms with Crippen molar-refractivity contribution in [2.24, 2.45) is 5.92 Å². The van der Waals surface area contributed by atoms with Crippen LogP contribution in [0, 0.1) is 11.7 Å². The number of benzene rings is 2. The molecular weight excluding hydrogens is 550 g/mol. The molecule has 2 aromatic rings. The van der Waals surface area contributed by atoms with Gasteiger partial charge in [-0.1, -0.05) is 24.3 Å². The highest BCUT2D eigenvalue weighted by Gasteiger charge is 2.58. The van der Waals surface area contributed by atoms with Crippen molar-refractivity contribution in [2.75, 3.05) is 25.0 Å². The molecular formula is C30H32F6N2O3. The molecule has 11 heteroatoms. The molecule has 5 rings (SSSR count). The topological polar surface area (TPSA) is 60.9 Å². The van der Waals surface area contributed by atoms with Crippen LogP contribution in [0.4, 0.5) is 32.0 Å². The Morgan fingerprint density at radius 2 is 1.66 bits per heavy atom. The van der Waals surface area contributed by atoms with Crippen LogP contribution in [0.3, 0.4) is 0 Å². The van der Waals surface area contributed by atoms with Gasteiger partial charge in [-0.25, -0.2) is 13.2 Å². The van der Waals surface area contributed by atoms with Gasteiger partial charge in [0, 0.05) is 36.8 Å². The van der Waals surface area contributed by atoms with Gasteiger partial charge in [0.2, 0.25) is 5.67 Å². The molecule has 2 aliphatic heterocycles. The van der Waals surface area contributed by atoms with Crippen molar-refractivity contribution in [1.29, 1.82) is 0 Å². The third kappa shape index (κ3) is 4.84. The number of hydrogen-bond acceptors (Lipinski definition) is 3. The lowest BCUT2D eigenvalue weighted by atomic mass is 9.66. The van der Waals surface area contributed by atoms with Gasteiger partial charge >= 0.3 is 12.1 Å². The van der Waals surface area contributed by atoms with Gasteiger partial charge < -0.3 is 14.9 Å². The van der Waals surface area contributed by atoms with E-state index in [2.05, 4.69) is 0 Å². The van der Waals surface area contributed by atoms with Crippen LogP contribution in [0.5, 0.6) is 0 Å². The van der Waals surface area contributed by atoms with E-state index in [0.29, 0.717) is 31.0 Å². The van der Waals surface area contributed by atoms with E-state index in [-0.39, 0.29) is 38.8 Å². The van der Waals surface area contributed by atoms with Gasteiger partial charge in [-0.05, 0) is 74.8 Å². The number of likely N-dealkylation sites (N-methyl/N-ethyl adjacent to an activating group) is 1. The van der Waals surface area contributed by atoms with E-state index < -0.39 is 58.1 Å². The summed E-state index contributed by atoms with van der Waals surface area (Å²) in [5, 5.41) is 9.31. The van der Waals surface area contributed by atoms with Crippen molar-refractivity contribution in [3.05, 3.63) is 65.0 Å². The summed E-state index contributed by atoms with van der Waals surface area (Å²) in [4.78, 5) is 28.3. The first-order valence-corrected chi connectivity index (χ1v) is 13.7. The Bertz CT molecular complexity index is 1340. The number of alkyl halides is 5. The number of carbonyl (C=O) groups excluding carboxylic acids is 1. The zero-order chi connectivity index (χ0) is 30.0. The second-order valence-corrected chi connectivity index (χ2v) is 11.9. The monoisotopic (exact) mass is 582 g/mol. The summed E-state index contributed by atoms with van der Waals surface area (Å²) < 4.78 is 85.4. The first-order valence-electron chi connectivity index (χ1n) is 13.7. The fourth-order valence-electron chi connectivity index (χ4n) is 6.91. The number of amides is 1. The second-order valence-electron chi connectivity index (χ2n) is 11.9. The largest absolute Gasteiger partial charge is 0.481 e. The molecule has 3 unspecified atom stereocenters. The van der Waals surface area contributed by atoms with Crippen LogP contribution in [0.25, 0.3) is 0 Å². The maximum Gasteiger partial charge on any atom is 0.426 e. The minimum Gasteiger partial charge on any atom is -0.481 e. The average molecular weight is 583 g/mol. The van der Waals surface area contributed by atoms with Crippen molar-refractivity contribution >= 4 is 17.6 Å². The molecule has 0 radical (unpaired) electrons. The number of aliphatic carboxylic acids is 1. The number of nitrogens with zero attached hydrogens (tertiary/aromatic N) is 2. The summed E-state index contributed by atoms with van der Waals surface area (Å²) in [6, 6.07) is 9.00. The van der Waals surface area contributed by atoms with E-state index in [4.69, 9.17) is 0 Å². The van der Waals surface area contributed by atoms with Crippen LogP contribution in [0.15, 0.2) is 42.5 Å². The van der Waals surface area contributed by atoms with Gasteiger partial charge in [0.05, 0.1) is 12.0 Å². The van der Waals surface area contributed by atoms with Crippen molar-refractivity contribution in [1.82, 2.24) is 4.90 Å². The van der Waals surface area contributed by atoms with Gasteiger partial charge in [0.15, 0.2) is 5.67 Å². The fraction of sp³-hybridized carbons (Fsp3) is 0.533. The number of likely N-dealkylation sites (tertiary alicyclic amines) is 1. The molecule has 1 saturated carbocycles. The number of anilines is 1. The van der Waals surface area contributed by atoms with E-state index >= 15 is 4.39 Å². The highest BCUT2D eigenvalue weighted by molar-refractivity contribution is 5.87. The first kappa shape index (κ1) is 29.3. The Kier molecular flexibility index (Phi) is 7.10. The number of hydrogen-bond donors (Lipinski definition) is 1. The van der Waals surface area contributed by atoms with E-state index in [1.54, 1.807) is 24.1 Å². The summed E-state index contributed by atoms with van der Waals surface area (Å²) in [6.07, 6.45) is -4.80. The van der Waals surface area contributed by atoms with Crippen molar-refractivity contribution in [3.8, 4) is 0 Å². The number of carboxylic acids is 1. The number of carboxylic acid groups (broad SMARTS) is 1. The molecule has 41 heavy (non-hydrogen) atoms. The zero-order valence-corrected chi connectivity index (χ0v) is 22.8. The number of carbonyl (C=O) groups is 2. The lowest BCUT2D eigenvalue weighted by Gasteiger charge is -2.48. The molecule has 3 aliphatic rings. The standard InChI is InChI=1S/C30H32F6N2O3/c1-27(32,30(34,35)36)20-5-8-22-23(15-20)37(2)17-24-28(22,16-18-3-6-21(31)7-4-18)13-14-38(24)26(41)29(33)11-9-19(10-12-29)25(39)40/h3-8,15,19,24H,9-14,16-17H2,1-2H3,(H,39,40). The van der Waals surface area contributed by atoms with E-state index in [0.717, 1.165) is 11.6 Å². The molecule has 2 aromatic carbocycles. The molecule has 3 atom stereocenters. The maximum absolute atomic E-state index is 16.1. The van der Waals surface area contributed by atoms with Gasteiger partial charge in [-0.15, -0.1) is 0 Å². The highest BCUT2D eigenvalue weighted by atomic mass is 19.4. The first-order chi connectivity index (χ1) is 19.1. The molecule has 2 heterocycles. The maximum atomic E-state index is 16.1. The average Bonchev–Trinajstić information content (AvgIpc) is 3.27. The van der Waals surface area contributed by atoms with Crippen LogP contribution in [-0.2, 0) is 27.1 Å². The summed E-state index contributed by atoms with van der Waals surface area (Å²) in [7, 11) is 1.64. The van der Waals surface area contributed by atoms with Crippen LogP contribution in [0.2, 0.25) is 0 Å². The van der Waals surface area contributed by atoms with Crippen molar-refractivity contribution in [3.63, 3.8) is 0 Å². The molecule has 0 aromatic heterocycles. The van der Waals surface area contributed by atoms with Gasteiger partial charge in [-0.3, -0.25) is 9.59 Å². The van der Waals surface area contributed by atoms with Crippen LogP contribution < -0.4 is 4.90 Å². The second kappa shape index (κ2) is 9.94.